The van der Waals surface area contributed by atoms with Gasteiger partial charge in [-0.15, -0.1) is 0 Å². The van der Waals surface area contributed by atoms with Crippen molar-refractivity contribution in [2.45, 2.75) is 0 Å². The fraction of sp³-hybridized carbons (Fsp3) is 0. The van der Waals surface area contributed by atoms with Crippen LogP contribution in [-0.2, 0) is 0 Å². The summed E-state index contributed by atoms with van der Waals surface area (Å²) in [6, 6.07) is 9.50. The number of carbonyl (C=O) groups is 1. The molecule has 0 aromatic heterocycles. The van der Waals surface area contributed by atoms with Gasteiger partial charge in [0.05, 0.1) is 14.9 Å². The summed E-state index contributed by atoms with van der Waals surface area (Å²) in [5.74, 6) is -1.49. The van der Waals surface area contributed by atoms with Gasteiger partial charge in [0.25, 0.3) is 0 Å². The fourth-order valence-electron chi connectivity index (χ4n) is 3.16. The van der Waals surface area contributed by atoms with Crippen LogP contribution in [0.25, 0.3) is 33.4 Å². The van der Waals surface area contributed by atoms with Crippen LogP contribution in [0.2, 0.25) is 0 Å². The summed E-state index contributed by atoms with van der Waals surface area (Å²) < 4.78 is 6.80. The third-order valence-electron chi connectivity index (χ3n) is 4.42. The van der Waals surface area contributed by atoms with Crippen molar-refractivity contribution in [1.82, 2.24) is 0 Å². The maximum atomic E-state index is 12.4. The van der Waals surface area contributed by atoms with Gasteiger partial charge < -0.3 is 19.4 Å². The summed E-state index contributed by atoms with van der Waals surface area (Å²) >= 11 is 13.0. The first-order valence-corrected chi connectivity index (χ1v) is 11.1. The first kappa shape index (κ1) is 24.6. The molecule has 0 radical (unpaired) electrons. The van der Waals surface area contributed by atoms with Crippen LogP contribution in [0.1, 0.15) is 10.4 Å². The Bertz CT molecular complexity index is 1370. The minimum absolute atomic E-state index is 0. The Labute approximate surface area is 246 Å². The fourth-order valence-corrected chi connectivity index (χ4v) is 5.56. The molecule has 5 nitrogen and oxygen atoms in total. The maximum Gasteiger partial charge on any atom is 1.00 e. The van der Waals surface area contributed by atoms with Gasteiger partial charge in [0.2, 0.25) is 5.43 Å². The van der Waals surface area contributed by atoms with Crippen molar-refractivity contribution in [2.75, 3.05) is 0 Å². The minimum atomic E-state index is -1.35. The van der Waals surface area contributed by atoms with E-state index >= 15 is 0 Å². The van der Waals surface area contributed by atoms with E-state index in [0.29, 0.717) is 22.1 Å². The van der Waals surface area contributed by atoms with Crippen molar-refractivity contribution >= 4 is 80.7 Å². The molecule has 4 rings (SSSR count). The zero-order chi connectivity index (χ0) is 21.0. The Hall–Kier alpha value is -0.0436. The van der Waals surface area contributed by atoms with Crippen LogP contribution in [0, 0.1) is 0 Å². The predicted molar refractivity (Wildman–Crippen MR) is 119 cm³/mol. The van der Waals surface area contributed by atoms with Gasteiger partial charge in [-0.2, -0.15) is 0 Å². The van der Waals surface area contributed by atoms with Gasteiger partial charge in [0.15, 0.2) is 5.76 Å². The average Bonchev–Trinajstić information content (AvgIpc) is 2.69. The molecule has 0 amide bonds. The summed E-state index contributed by atoms with van der Waals surface area (Å²) in [4.78, 5) is 24.2. The first-order valence-electron chi connectivity index (χ1n) is 7.96. The standard InChI is InChI=1S/C20H8Br4O5.K/c21-11-5-9-13(7-3-1-2-4-8(7)20(27)28)10-6-12(22)17(26)15(24)19(10)29-18(9)14(23)16(11)25;/h1-6,25H,(H,27,28);/q;+1/p-2. The van der Waals surface area contributed by atoms with Crippen molar-refractivity contribution in [3.05, 3.63) is 70.1 Å². The molecule has 2 aliphatic rings. The third-order valence-corrected chi connectivity index (χ3v) is 7.04. The van der Waals surface area contributed by atoms with Crippen LogP contribution in [0.3, 0.4) is 0 Å². The van der Waals surface area contributed by atoms with Crippen molar-refractivity contribution in [1.29, 1.82) is 0 Å². The molecule has 0 saturated heterocycles. The summed E-state index contributed by atoms with van der Waals surface area (Å²) in [6.45, 7) is 0. The molecular weight excluding hydrogens is 679 g/mol. The number of carboxylic acids is 1. The monoisotopic (exact) mass is 681 g/mol. The van der Waals surface area contributed by atoms with Crippen LogP contribution < -0.4 is 67.0 Å². The van der Waals surface area contributed by atoms with Crippen molar-refractivity contribution in [3.8, 4) is 28.2 Å². The van der Waals surface area contributed by atoms with Gasteiger partial charge in [-0.25, -0.2) is 0 Å². The number of hydrogen-bond donors (Lipinski definition) is 0. The number of halogens is 4. The van der Waals surface area contributed by atoms with Crippen molar-refractivity contribution in [3.63, 3.8) is 0 Å². The van der Waals surface area contributed by atoms with E-state index < -0.39 is 5.97 Å². The van der Waals surface area contributed by atoms with E-state index in [9.17, 15) is 19.8 Å². The molecule has 0 fully saturated rings. The van der Waals surface area contributed by atoms with E-state index in [1.54, 1.807) is 30.3 Å². The molecule has 146 valence electrons. The van der Waals surface area contributed by atoms with Gasteiger partial charge >= 0.3 is 51.4 Å². The first-order chi connectivity index (χ1) is 13.7. The summed E-state index contributed by atoms with van der Waals surface area (Å²) in [7, 11) is 0. The Kier molecular flexibility index (Phi) is 7.74. The summed E-state index contributed by atoms with van der Waals surface area (Å²) in [5.41, 5.74) is 1.17. The molecular formula is C20H6Br4KO5-. The van der Waals surface area contributed by atoms with Gasteiger partial charge in [-0.3, -0.25) is 4.79 Å². The average molecular weight is 685 g/mol. The van der Waals surface area contributed by atoms with Crippen LogP contribution in [-0.4, -0.2) is 5.97 Å². The Morgan fingerprint density at radius 3 is 2.27 bits per heavy atom. The van der Waals surface area contributed by atoms with Gasteiger partial charge in [0, 0.05) is 26.5 Å². The zero-order valence-corrected chi connectivity index (χ0v) is 24.5. The molecule has 0 bridgehead atoms. The second kappa shape index (κ2) is 9.44. The maximum absolute atomic E-state index is 12.4. The molecule has 2 aromatic carbocycles. The molecule has 1 heterocycles. The smallest absolute Gasteiger partial charge is 0.871 e. The number of fused-ring (bicyclic) bond motifs is 2. The van der Waals surface area contributed by atoms with E-state index in [2.05, 4.69) is 63.7 Å². The summed E-state index contributed by atoms with van der Waals surface area (Å²) in [5, 5.41) is 24.7. The Morgan fingerprint density at radius 2 is 1.60 bits per heavy atom. The second-order valence-corrected chi connectivity index (χ2v) is 9.36. The molecule has 0 N–H and O–H groups in total. The minimum Gasteiger partial charge on any atom is -0.871 e. The number of hydrogen-bond acceptors (Lipinski definition) is 5. The number of carbonyl (C=O) groups excluding carboxylic acids is 1. The molecule has 30 heavy (non-hydrogen) atoms. The topological polar surface area (TPSA) is 93.4 Å². The van der Waals surface area contributed by atoms with E-state index in [1.807, 2.05) is 0 Å². The van der Waals surface area contributed by atoms with Crippen LogP contribution in [0.15, 0.2) is 63.5 Å². The van der Waals surface area contributed by atoms with Gasteiger partial charge in [-0.05, 0) is 65.5 Å². The normalized spacial score (nSPS) is 10.9. The second-order valence-electron chi connectivity index (χ2n) is 6.07. The van der Waals surface area contributed by atoms with E-state index in [4.69, 9.17) is 4.42 Å². The number of rotatable bonds is 2. The zero-order valence-electron chi connectivity index (χ0n) is 15.0. The predicted octanol–water partition coefficient (Wildman–Crippen LogP) is 2.06. The number of benzene rings is 3. The molecule has 0 saturated carbocycles. The van der Waals surface area contributed by atoms with Crippen molar-refractivity contribution < 1.29 is 70.8 Å². The molecule has 0 atom stereocenters. The number of carboxylic acid groups (broad SMARTS) is 1. The number of aromatic carboxylic acids is 1. The van der Waals surface area contributed by atoms with Gasteiger partial charge in [-0.1, -0.05) is 45.9 Å². The van der Waals surface area contributed by atoms with Crippen molar-refractivity contribution in [2.24, 2.45) is 0 Å². The van der Waals surface area contributed by atoms with Crippen LogP contribution in [0.5, 0.6) is 5.75 Å². The molecule has 1 aliphatic heterocycles. The van der Waals surface area contributed by atoms with E-state index in [0.717, 1.165) is 0 Å². The van der Waals surface area contributed by atoms with E-state index in [1.165, 1.54) is 6.07 Å². The Morgan fingerprint density at radius 1 is 0.933 bits per heavy atom. The van der Waals surface area contributed by atoms with E-state index in [-0.39, 0.29) is 97.4 Å². The Balaban J connectivity index is 0.00000256. The van der Waals surface area contributed by atoms with Crippen LogP contribution >= 0.6 is 63.7 Å². The quantitative estimate of drug-likeness (QED) is 0.238. The molecule has 0 unspecified atom stereocenters. The largest absolute Gasteiger partial charge is 1.00 e. The van der Waals surface area contributed by atoms with Crippen LogP contribution in [0.4, 0.5) is 0 Å². The molecule has 1 aliphatic carbocycles. The third kappa shape index (κ3) is 4.03. The SMILES string of the molecule is O=C([O-])c1ccccc1-c1c2cc(Br)c(=O)c(Br)c-2oc2c(Br)c([O-])c(Br)cc12.[K+]. The molecule has 2 aromatic rings. The van der Waals surface area contributed by atoms with Gasteiger partial charge in [0.1, 0.15) is 10.1 Å². The summed E-state index contributed by atoms with van der Waals surface area (Å²) in [6.07, 6.45) is 0. The molecule has 10 heteroatoms. The molecule has 0 spiro atoms.